The number of hydroxylamine groups is 2. The van der Waals surface area contributed by atoms with E-state index in [2.05, 4.69) is 51.4 Å². The predicted molar refractivity (Wildman–Crippen MR) is 127 cm³/mol. The molecule has 0 bridgehead atoms. The molecule has 2 rings (SSSR count). The molecule has 5 heteroatoms. The summed E-state index contributed by atoms with van der Waals surface area (Å²) in [6, 6.07) is 10.0. The Hall–Kier alpha value is -1.72. The molecular weight excluding hydrogens is 388 g/mol. The zero-order valence-electron chi connectivity index (χ0n) is 20.4. The van der Waals surface area contributed by atoms with E-state index in [0.29, 0.717) is 12.8 Å². The maximum absolute atomic E-state index is 12.5. The summed E-state index contributed by atoms with van der Waals surface area (Å²) in [5.74, 6) is -0.215. The maximum Gasteiger partial charge on any atom is 0.305 e. The van der Waals surface area contributed by atoms with Crippen LogP contribution in [0.2, 0.25) is 0 Å². The molecule has 1 aliphatic heterocycles. The van der Waals surface area contributed by atoms with Gasteiger partial charge >= 0.3 is 5.97 Å². The van der Waals surface area contributed by atoms with E-state index in [9.17, 15) is 4.79 Å². The van der Waals surface area contributed by atoms with Gasteiger partial charge in [0.05, 0.1) is 5.54 Å². The molecule has 0 N–H and O–H groups in total. The van der Waals surface area contributed by atoms with Gasteiger partial charge in [0.25, 0.3) is 0 Å². The number of ether oxygens (including phenoxy) is 1. The molecule has 1 aliphatic rings. The van der Waals surface area contributed by atoms with Crippen molar-refractivity contribution in [1.82, 2.24) is 5.06 Å². The molecule has 31 heavy (non-hydrogen) atoms. The summed E-state index contributed by atoms with van der Waals surface area (Å²) in [7, 11) is 0. The number of hydrogen-bond acceptors (Lipinski definition) is 5. The van der Waals surface area contributed by atoms with E-state index in [4.69, 9.17) is 9.57 Å². The van der Waals surface area contributed by atoms with Crippen LogP contribution in [0.25, 0.3) is 0 Å². The number of hydrogen-bond donors (Lipinski definition) is 0. The second-order valence-electron chi connectivity index (χ2n) is 10.4. The average molecular weight is 431 g/mol. The number of carbonyl (C=O) groups excluding carboxylic acids is 1. The molecule has 1 fully saturated rings. The predicted octanol–water partition coefficient (Wildman–Crippen LogP) is 6.29. The van der Waals surface area contributed by atoms with Gasteiger partial charge in [0, 0.05) is 17.5 Å². The van der Waals surface area contributed by atoms with E-state index in [-0.39, 0.29) is 35.3 Å². The van der Waals surface area contributed by atoms with Crippen molar-refractivity contribution in [3.63, 3.8) is 0 Å². The zero-order valence-corrected chi connectivity index (χ0v) is 20.4. The van der Waals surface area contributed by atoms with Gasteiger partial charge in [-0.3, -0.25) is 14.6 Å². The number of rotatable bonds is 11. The molecule has 2 unspecified atom stereocenters. The van der Waals surface area contributed by atoms with Crippen molar-refractivity contribution in [3.05, 3.63) is 35.9 Å². The summed E-state index contributed by atoms with van der Waals surface area (Å²) in [6.07, 6.45) is 5.88. The smallest absolute Gasteiger partial charge is 0.305 e. The molecule has 5 nitrogen and oxygen atoms in total. The fourth-order valence-corrected chi connectivity index (χ4v) is 4.68. The van der Waals surface area contributed by atoms with Crippen molar-refractivity contribution in [2.45, 2.75) is 109 Å². The van der Waals surface area contributed by atoms with E-state index >= 15 is 0 Å². The lowest BCUT2D eigenvalue weighted by molar-refractivity contribution is -0.311. The third-order valence-electron chi connectivity index (χ3n) is 6.51. The summed E-state index contributed by atoms with van der Waals surface area (Å²) >= 11 is 0. The summed E-state index contributed by atoms with van der Waals surface area (Å²) in [5.41, 5.74) is 0.564. The van der Waals surface area contributed by atoms with Gasteiger partial charge in [-0.05, 0) is 79.0 Å². The Morgan fingerprint density at radius 3 is 2.32 bits per heavy atom. The first-order valence-electron chi connectivity index (χ1n) is 11.7. The lowest BCUT2D eigenvalue weighted by atomic mass is 9.82. The minimum absolute atomic E-state index is 0.0869. The molecular formula is C26H42N2O3. The van der Waals surface area contributed by atoms with E-state index in [0.717, 1.165) is 31.2 Å². The van der Waals surface area contributed by atoms with Gasteiger partial charge in [-0.1, -0.05) is 43.7 Å². The van der Waals surface area contributed by atoms with E-state index in [1.54, 1.807) is 0 Å². The molecule has 1 aromatic carbocycles. The van der Waals surface area contributed by atoms with Crippen molar-refractivity contribution in [2.75, 3.05) is 6.61 Å². The highest BCUT2D eigenvalue weighted by Gasteiger charge is 2.44. The Balaban J connectivity index is 2.08. The summed E-state index contributed by atoms with van der Waals surface area (Å²) in [6.45, 7) is 17.0. The first-order chi connectivity index (χ1) is 14.5. The number of carbonyl (C=O) groups is 1. The van der Waals surface area contributed by atoms with Crippen LogP contribution in [-0.2, 0) is 14.4 Å². The topological polar surface area (TPSA) is 51.1 Å². The second kappa shape index (κ2) is 10.7. The highest BCUT2D eigenvalue weighted by atomic mass is 16.7. The summed E-state index contributed by atoms with van der Waals surface area (Å²) in [4.78, 5) is 23.4. The minimum atomic E-state index is -0.346. The number of nitrogens with zero attached hydrogens (tertiary/aromatic N) is 2. The van der Waals surface area contributed by atoms with Crippen LogP contribution in [0.4, 0.5) is 0 Å². The van der Waals surface area contributed by atoms with Crippen molar-refractivity contribution < 1.29 is 14.4 Å². The molecule has 174 valence electrons. The largest absolute Gasteiger partial charge is 0.462 e. The van der Waals surface area contributed by atoms with Crippen LogP contribution in [-0.4, -0.2) is 41.0 Å². The quantitative estimate of drug-likeness (QED) is 0.306. The van der Waals surface area contributed by atoms with Crippen LogP contribution in [0.15, 0.2) is 35.3 Å². The van der Waals surface area contributed by atoms with Crippen LogP contribution >= 0.6 is 0 Å². The van der Waals surface area contributed by atoms with Crippen molar-refractivity contribution in [3.8, 4) is 0 Å². The molecule has 0 saturated carbocycles. The van der Waals surface area contributed by atoms with E-state index in [1.165, 1.54) is 6.42 Å². The van der Waals surface area contributed by atoms with Gasteiger partial charge in [-0.15, -0.1) is 0 Å². The molecule has 0 aliphatic carbocycles. The van der Waals surface area contributed by atoms with Gasteiger partial charge in [0.1, 0.15) is 12.7 Å². The van der Waals surface area contributed by atoms with Crippen LogP contribution in [0, 0.1) is 0 Å². The zero-order chi connectivity index (χ0) is 23.1. The summed E-state index contributed by atoms with van der Waals surface area (Å²) < 4.78 is 5.70. The van der Waals surface area contributed by atoms with Crippen LogP contribution in [0.3, 0.4) is 0 Å². The van der Waals surface area contributed by atoms with E-state index < -0.39 is 0 Å². The molecule has 0 spiro atoms. The Labute approximate surface area is 189 Å². The van der Waals surface area contributed by atoms with Gasteiger partial charge in [0.2, 0.25) is 0 Å². The highest BCUT2D eigenvalue weighted by Crippen LogP contribution is 2.40. The standard InChI is InChI=1S/C26H42N2O3/c1-8-16-26(6,27-7)19-15-23(29)30-20-22(21-13-10-9-11-14-21)31-28-24(2,3)17-12-18-25(28,4)5/h9-11,13-14,22H,7-8,12,15-20H2,1-6H3. The fraction of sp³-hybridized carbons (Fsp3) is 0.692. The molecule has 0 amide bonds. The average Bonchev–Trinajstić information content (AvgIpc) is 2.71. The monoisotopic (exact) mass is 430 g/mol. The number of benzene rings is 1. The molecule has 1 heterocycles. The van der Waals surface area contributed by atoms with Crippen LogP contribution in [0.1, 0.15) is 98.2 Å². The Kier molecular flexibility index (Phi) is 8.84. The third kappa shape index (κ3) is 7.15. The lowest BCUT2D eigenvalue weighted by Gasteiger charge is -2.52. The molecule has 2 atom stereocenters. The molecule has 1 saturated heterocycles. The first kappa shape index (κ1) is 25.5. The number of esters is 1. The number of aliphatic imine (C=N–C) groups is 1. The molecule has 0 radical (unpaired) electrons. The lowest BCUT2D eigenvalue weighted by Crippen LogP contribution is -2.58. The van der Waals surface area contributed by atoms with Crippen molar-refractivity contribution in [1.29, 1.82) is 0 Å². The minimum Gasteiger partial charge on any atom is -0.462 e. The van der Waals surface area contributed by atoms with Gasteiger partial charge in [-0.25, -0.2) is 0 Å². The Morgan fingerprint density at radius 2 is 1.77 bits per heavy atom. The van der Waals surface area contributed by atoms with Crippen molar-refractivity contribution >= 4 is 12.7 Å². The molecule has 1 aromatic rings. The normalized spacial score (nSPS) is 21.1. The Morgan fingerprint density at radius 1 is 1.16 bits per heavy atom. The summed E-state index contributed by atoms with van der Waals surface area (Å²) in [5, 5.41) is 2.13. The molecule has 0 aromatic heterocycles. The van der Waals surface area contributed by atoms with Crippen LogP contribution in [0.5, 0.6) is 0 Å². The fourth-order valence-electron chi connectivity index (χ4n) is 4.68. The SMILES string of the molecule is C=NC(C)(CCC)CCC(=O)OCC(ON1C(C)(C)CCCC1(C)C)c1ccccc1. The van der Waals surface area contributed by atoms with Gasteiger partial charge in [0.15, 0.2) is 0 Å². The number of piperidine rings is 1. The maximum atomic E-state index is 12.5. The second-order valence-corrected chi connectivity index (χ2v) is 10.4. The van der Waals surface area contributed by atoms with Crippen molar-refractivity contribution in [2.24, 2.45) is 4.99 Å². The van der Waals surface area contributed by atoms with Gasteiger partial charge < -0.3 is 4.74 Å². The first-order valence-corrected chi connectivity index (χ1v) is 11.7. The van der Waals surface area contributed by atoms with E-state index in [1.807, 2.05) is 37.3 Å². The van der Waals surface area contributed by atoms with Gasteiger partial charge in [-0.2, -0.15) is 5.06 Å². The third-order valence-corrected chi connectivity index (χ3v) is 6.51. The Bertz CT molecular complexity index is 701. The van der Waals surface area contributed by atoms with Crippen LogP contribution < -0.4 is 0 Å². The highest BCUT2D eigenvalue weighted by molar-refractivity contribution is 5.69.